The minimum absolute atomic E-state index is 0.274. The monoisotopic (exact) mass is 315 g/mol. The van der Waals surface area contributed by atoms with Crippen molar-refractivity contribution in [2.75, 3.05) is 26.9 Å². The van der Waals surface area contributed by atoms with Gasteiger partial charge in [-0.2, -0.15) is 5.10 Å². The second-order valence-electron chi connectivity index (χ2n) is 4.96. The Balaban J connectivity index is 2.22. The lowest BCUT2D eigenvalue weighted by atomic mass is 10.2. The van der Waals surface area contributed by atoms with Crippen LogP contribution in [-0.4, -0.2) is 53.6 Å². The van der Waals surface area contributed by atoms with Gasteiger partial charge in [0.25, 0.3) is 0 Å². The highest BCUT2D eigenvalue weighted by Gasteiger charge is 2.31. The maximum absolute atomic E-state index is 11.9. The molecule has 0 bridgehead atoms. The van der Waals surface area contributed by atoms with Gasteiger partial charge in [-0.3, -0.25) is 14.4 Å². The molecule has 0 spiro atoms. The first-order valence-electron chi connectivity index (χ1n) is 7.26. The Morgan fingerprint density at radius 2 is 2.29 bits per heavy atom. The number of aryl methyl sites for hydroxylation is 2. The summed E-state index contributed by atoms with van der Waals surface area (Å²) in [5.41, 5.74) is 1.85. The van der Waals surface area contributed by atoms with Crippen molar-refractivity contribution < 1.29 is 14.3 Å². The molecule has 0 amide bonds. The number of morpholine rings is 1. The molecule has 0 N–H and O–H groups in total. The fourth-order valence-corrected chi connectivity index (χ4v) is 2.87. The van der Waals surface area contributed by atoms with Gasteiger partial charge in [-0.25, -0.2) is 0 Å². The molecule has 6 nitrogen and oxygen atoms in total. The van der Waals surface area contributed by atoms with Gasteiger partial charge in [-0.1, -0.05) is 18.5 Å². The summed E-state index contributed by atoms with van der Waals surface area (Å²) < 4.78 is 12.2. The van der Waals surface area contributed by atoms with Crippen LogP contribution < -0.4 is 0 Å². The molecule has 1 aliphatic heterocycles. The molecule has 2 rings (SSSR count). The van der Waals surface area contributed by atoms with Crippen LogP contribution in [0, 0.1) is 0 Å². The van der Waals surface area contributed by atoms with Crippen LogP contribution in [0.3, 0.4) is 0 Å². The van der Waals surface area contributed by atoms with Crippen molar-refractivity contribution in [2.45, 2.75) is 39.4 Å². The normalized spacial score (nSPS) is 19.7. The molecule has 7 heteroatoms. The molecule has 0 saturated carbocycles. The highest BCUT2D eigenvalue weighted by molar-refractivity contribution is 6.31. The largest absolute Gasteiger partial charge is 0.468 e. The maximum Gasteiger partial charge on any atom is 0.325 e. The second-order valence-corrected chi connectivity index (χ2v) is 5.34. The first kappa shape index (κ1) is 16.3. The van der Waals surface area contributed by atoms with Crippen LogP contribution in [0.5, 0.6) is 0 Å². The van der Waals surface area contributed by atoms with Gasteiger partial charge in [-0.15, -0.1) is 0 Å². The number of hydrogen-bond donors (Lipinski definition) is 0. The molecule has 1 unspecified atom stereocenters. The summed E-state index contributed by atoms with van der Waals surface area (Å²) >= 11 is 6.43. The van der Waals surface area contributed by atoms with E-state index in [1.165, 1.54) is 7.11 Å². The Labute approximate surface area is 129 Å². The summed E-state index contributed by atoms with van der Waals surface area (Å²) in [5, 5.41) is 5.22. The molecular formula is C14H22ClN3O3. The molecule has 1 aromatic heterocycles. The zero-order valence-corrected chi connectivity index (χ0v) is 13.5. The van der Waals surface area contributed by atoms with Crippen molar-refractivity contribution in [3.8, 4) is 0 Å². The van der Waals surface area contributed by atoms with Crippen molar-refractivity contribution in [3.05, 3.63) is 16.4 Å². The quantitative estimate of drug-likeness (QED) is 0.771. The summed E-state index contributed by atoms with van der Waals surface area (Å²) in [6.45, 7) is 7.02. The Hall–Kier alpha value is -1.11. The highest BCUT2D eigenvalue weighted by Crippen LogP contribution is 2.24. The molecule has 0 radical (unpaired) electrons. The lowest BCUT2D eigenvalue weighted by molar-refractivity contribution is -0.153. The van der Waals surface area contributed by atoms with Crippen molar-refractivity contribution in [1.29, 1.82) is 0 Å². The van der Waals surface area contributed by atoms with E-state index in [1.807, 2.05) is 23.4 Å². The summed E-state index contributed by atoms with van der Waals surface area (Å²) in [6.07, 6.45) is 0.794. The zero-order chi connectivity index (χ0) is 15.4. The van der Waals surface area contributed by atoms with E-state index in [2.05, 4.69) is 5.10 Å². The van der Waals surface area contributed by atoms with Gasteiger partial charge < -0.3 is 9.47 Å². The van der Waals surface area contributed by atoms with E-state index in [9.17, 15) is 4.79 Å². The summed E-state index contributed by atoms with van der Waals surface area (Å²) in [6, 6.07) is -0.384. The number of ether oxygens (including phenoxy) is 2. The zero-order valence-electron chi connectivity index (χ0n) is 12.8. The SMILES string of the molecule is CCc1nn(CC)c(CN2CCOCC2C(=O)OC)c1Cl. The summed E-state index contributed by atoms with van der Waals surface area (Å²) in [4.78, 5) is 13.9. The lowest BCUT2D eigenvalue weighted by Crippen LogP contribution is -2.50. The van der Waals surface area contributed by atoms with Gasteiger partial charge >= 0.3 is 5.97 Å². The van der Waals surface area contributed by atoms with Gasteiger partial charge in [-0.05, 0) is 13.3 Å². The van der Waals surface area contributed by atoms with Crippen LogP contribution in [0.4, 0.5) is 0 Å². The first-order chi connectivity index (χ1) is 10.1. The highest BCUT2D eigenvalue weighted by atomic mass is 35.5. The predicted octanol–water partition coefficient (Wildman–Crippen LogP) is 1.49. The summed E-state index contributed by atoms with van der Waals surface area (Å²) in [7, 11) is 1.40. The number of rotatable bonds is 5. The third-order valence-electron chi connectivity index (χ3n) is 3.76. The third kappa shape index (κ3) is 3.39. The first-order valence-corrected chi connectivity index (χ1v) is 7.63. The van der Waals surface area contributed by atoms with Crippen LogP contribution in [0.2, 0.25) is 5.02 Å². The fraction of sp³-hybridized carbons (Fsp3) is 0.714. The van der Waals surface area contributed by atoms with Gasteiger partial charge in [0, 0.05) is 19.6 Å². The van der Waals surface area contributed by atoms with E-state index in [0.29, 0.717) is 31.3 Å². The van der Waals surface area contributed by atoms with Crippen LogP contribution >= 0.6 is 11.6 Å². The Morgan fingerprint density at radius 1 is 1.52 bits per heavy atom. The van der Waals surface area contributed by atoms with E-state index in [4.69, 9.17) is 21.1 Å². The molecular weight excluding hydrogens is 294 g/mol. The molecule has 118 valence electrons. The van der Waals surface area contributed by atoms with E-state index >= 15 is 0 Å². The number of hydrogen-bond acceptors (Lipinski definition) is 5. The van der Waals surface area contributed by atoms with E-state index < -0.39 is 0 Å². The Bertz CT molecular complexity index is 504. The number of halogens is 1. The molecule has 2 heterocycles. The van der Waals surface area contributed by atoms with E-state index in [-0.39, 0.29) is 12.0 Å². The van der Waals surface area contributed by atoms with Crippen molar-refractivity contribution >= 4 is 17.6 Å². The molecule has 0 aliphatic carbocycles. The predicted molar refractivity (Wildman–Crippen MR) is 79.3 cm³/mol. The summed E-state index contributed by atoms with van der Waals surface area (Å²) in [5.74, 6) is -0.274. The van der Waals surface area contributed by atoms with Crippen LogP contribution in [0.1, 0.15) is 25.2 Å². The smallest absolute Gasteiger partial charge is 0.325 e. The van der Waals surface area contributed by atoms with Crippen molar-refractivity contribution in [1.82, 2.24) is 14.7 Å². The third-order valence-corrected chi connectivity index (χ3v) is 4.20. The van der Waals surface area contributed by atoms with Crippen molar-refractivity contribution in [2.24, 2.45) is 0 Å². The number of esters is 1. The van der Waals surface area contributed by atoms with Crippen LogP contribution in [0.25, 0.3) is 0 Å². The van der Waals surface area contributed by atoms with Gasteiger partial charge in [0.2, 0.25) is 0 Å². The van der Waals surface area contributed by atoms with Gasteiger partial charge in [0.1, 0.15) is 6.04 Å². The number of nitrogens with zero attached hydrogens (tertiary/aromatic N) is 3. The topological polar surface area (TPSA) is 56.6 Å². The second kappa shape index (κ2) is 7.24. The molecule has 0 aromatic carbocycles. The van der Waals surface area contributed by atoms with E-state index in [1.54, 1.807) is 0 Å². The number of aromatic nitrogens is 2. The Kier molecular flexibility index (Phi) is 5.61. The number of carbonyl (C=O) groups is 1. The molecule has 1 atom stereocenters. The molecule has 1 aromatic rings. The standard InChI is InChI=1S/C14H22ClN3O3/c1-4-10-13(15)11(18(5-2)16-10)8-17-6-7-21-9-12(17)14(19)20-3/h12H,4-9H2,1-3H3. The average Bonchev–Trinajstić information content (AvgIpc) is 2.83. The fourth-order valence-electron chi connectivity index (χ4n) is 2.54. The Morgan fingerprint density at radius 3 is 2.90 bits per heavy atom. The molecule has 1 fully saturated rings. The maximum atomic E-state index is 11.9. The minimum Gasteiger partial charge on any atom is -0.468 e. The molecule has 1 aliphatic rings. The molecule has 1 saturated heterocycles. The average molecular weight is 316 g/mol. The van der Waals surface area contributed by atoms with Crippen LogP contribution in [0.15, 0.2) is 0 Å². The lowest BCUT2D eigenvalue weighted by Gasteiger charge is -2.33. The number of methoxy groups -OCH3 is 1. The van der Waals surface area contributed by atoms with Gasteiger partial charge in [0.05, 0.1) is 36.7 Å². The molecule has 21 heavy (non-hydrogen) atoms. The van der Waals surface area contributed by atoms with Crippen LogP contribution in [-0.2, 0) is 33.8 Å². The van der Waals surface area contributed by atoms with Crippen molar-refractivity contribution in [3.63, 3.8) is 0 Å². The van der Waals surface area contributed by atoms with E-state index in [0.717, 1.165) is 24.4 Å². The number of carbonyl (C=O) groups excluding carboxylic acids is 1. The van der Waals surface area contributed by atoms with Gasteiger partial charge in [0.15, 0.2) is 0 Å². The minimum atomic E-state index is -0.384.